The molecule has 0 radical (unpaired) electrons. The highest BCUT2D eigenvalue weighted by molar-refractivity contribution is 8.00. The molecule has 0 unspecified atom stereocenters. The van der Waals surface area contributed by atoms with Crippen LogP contribution < -0.4 is 10.6 Å². The van der Waals surface area contributed by atoms with Gasteiger partial charge in [0.1, 0.15) is 0 Å². The summed E-state index contributed by atoms with van der Waals surface area (Å²) in [6.45, 7) is 5.25. The topological polar surface area (TPSA) is 97.1 Å². The lowest BCUT2D eigenvalue weighted by molar-refractivity contribution is -0.119. The predicted molar refractivity (Wildman–Crippen MR) is 91.9 cm³/mol. The second-order valence-electron chi connectivity index (χ2n) is 5.26. The van der Waals surface area contributed by atoms with E-state index >= 15 is 0 Å². The molecule has 128 valence electrons. The zero-order valence-electron chi connectivity index (χ0n) is 13.4. The van der Waals surface area contributed by atoms with Crippen LogP contribution in [0, 0.1) is 0 Å². The molecule has 0 saturated carbocycles. The maximum Gasteiger partial charge on any atom is 0.321 e. The third kappa shape index (κ3) is 5.24. The van der Waals surface area contributed by atoms with Crippen molar-refractivity contribution >= 4 is 35.3 Å². The number of rotatable bonds is 5. The highest BCUT2D eigenvalue weighted by Gasteiger charge is 2.20. The van der Waals surface area contributed by atoms with Gasteiger partial charge in [0.2, 0.25) is 11.8 Å². The molecule has 0 aliphatic heterocycles. The van der Waals surface area contributed by atoms with Gasteiger partial charge in [0.15, 0.2) is 0 Å². The van der Waals surface area contributed by atoms with Crippen molar-refractivity contribution in [2.24, 2.45) is 0 Å². The van der Waals surface area contributed by atoms with E-state index < -0.39 is 17.2 Å². The average Bonchev–Trinajstić information content (AvgIpc) is 2.94. The molecule has 9 heteroatoms. The van der Waals surface area contributed by atoms with Gasteiger partial charge in [-0.1, -0.05) is 29.4 Å². The molecular formula is C15H17ClN4O3S. The second-order valence-corrected chi connectivity index (χ2v) is 6.99. The van der Waals surface area contributed by atoms with Crippen molar-refractivity contribution in [1.29, 1.82) is 0 Å². The van der Waals surface area contributed by atoms with Gasteiger partial charge in [-0.2, -0.15) is 0 Å². The Kier molecular flexibility index (Phi) is 6.22. The van der Waals surface area contributed by atoms with Gasteiger partial charge in [-0.3, -0.25) is 10.1 Å². The Bertz CT molecular complexity index is 735. The number of nitrogens with zero attached hydrogens (tertiary/aromatic N) is 2. The van der Waals surface area contributed by atoms with Crippen LogP contribution in [-0.4, -0.2) is 33.4 Å². The van der Waals surface area contributed by atoms with Crippen LogP contribution in [0.3, 0.4) is 0 Å². The van der Waals surface area contributed by atoms with E-state index in [1.807, 2.05) is 0 Å². The number of imide groups is 1. The number of carbonyl (C=O) groups is 2. The smallest absolute Gasteiger partial charge is 0.321 e. The zero-order chi connectivity index (χ0) is 17.7. The molecule has 0 saturated heterocycles. The number of nitrogens with one attached hydrogen (secondary N) is 2. The molecule has 0 bridgehead atoms. The van der Waals surface area contributed by atoms with E-state index in [0.717, 1.165) is 11.8 Å². The van der Waals surface area contributed by atoms with Crippen molar-refractivity contribution in [2.45, 2.75) is 37.3 Å². The number of hydrogen-bond donors (Lipinski definition) is 2. The summed E-state index contributed by atoms with van der Waals surface area (Å²) in [5, 5.41) is 12.9. The number of amides is 3. The Labute approximate surface area is 148 Å². The highest BCUT2D eigenvalue weighted by Crippen LogP contribution is 2.27. The van der Waals surface area contributed by atoms with Crippen molar-refractivity contribution in [3.8, 4) is 11.5 Å². The first kappa shape index (κ1) is 18.3. The quantitative estimate of drug-likeness (QED) is 0.787. The van der Waals surface area contributed by atoms with E-state index in [1.165, 1.54) is 0 Å². The molecule has 7 nitrogen and oxygen atoms in total. The van der Waals surface area contributed by atoms with Crippen LogP contribution in [0.15, 0.2) is 33.9 Å². The number of hydrogen-bond acceptors (Lipinski definition) is 6. The summed E-state index contributed by atoms with van der Waals surface area (Å²) in [7, 11) is 0. The number of thioether (sulfide) groups is 1. The molecule has 2 aromatic rings. The van der Waals surface area contributed by atoms with Gasteiger partial charge in [0, 0.05) is 16.6 Å². The average molecular weight is 369 g/mol. The molecule has 2 N–H and O–H groups in total. The normalized spacial score (nSPS) is 12.0. The third-order valence-electron chi connectivity index (χ3n) is 2.78. The largest absolute Gasteiger partial charge is 0.411 e. The zero-order valence-corrected chi connectivity index (χ0v) is 14.9. The first-order chi connectivity index (χ1) is 11.3. The molecule has 24 heavy (non-hydrogen) atoms. The van der Waals surface area contributed by atoms with Gasteiger partial charge in [0.25, 0.3) is 5.22 Å². The van der Waals surface area contributed by atoms with Crippen LogP contribution in [0.5, 0.6) is 0 Å². The van der Waals surface area contributed by atoms with Crippen LogP contribution in [0.1, 0.15) is 20.8 Å². The van der Waals surface area contributed by atoms with Gasteiger partial charge in [-0.05, 0) is 39.0 Å². The van der Waals surface area contributed by atoms with Gasteiger partial charge >= 0.3 is 6.03 Å². The molecule has 3 amide bonds. The minimum Gasteiger partial charge on any atom is -0.411 e. The SMILES string of the molecule is CC(C)NC(=O)NC(=O)[C@H](C)Sc1nnc(-c2cccc(Cl)c2)o1. The first-order valence-corrected chi connectivity index (χ1v) is 8.48. The Morgan fingerprint density at radius 1 is 1.25 bits per heavy atom. The maximum atomic E-state index is 12.0. The lowest BCUT2D eigenvalue weighted by atomic mass is 10.2. The maximum absolute atomic E-state index is 12.0. The molecule has 1 heterocycles. The van der Waals surface area contributed by atoms with Crippen LogP contribution in [0.2, 0.25) is 5.02 Å². The Morgan fingerprint density at radius 2 is 2.00 bits per heavy atom. The van der Waals surface area contributed by atoms with E-state index in [-0.39, 0.29) is 11.3 Å². The molecule has 2 rings (SSSR count). The summed E-state index contributed by atoms with van der Waals surface area (Å²) in [5.74, 6) is -0.134. The van der Waals surface area contributed by atoms with Crippen molar-refractivity contribution in [3.05, 3.63) is 29.3 Å². The molecule has 1 aromatic carbocycles. The summed E-state index contributed by atoms with van der Waals surface area (Å²) >= 11 is 6.99. The molecule has 0 fully saturated rings. The summed E-state index contributed by atoms with van der Waals surface area (Å²) in [5.41, 5.74) is 0.690. The molecular weight excluding hydrogens is 352 g/mol. The third-order valence-corrected chi connectivity index (χ3v) is 3.95. The second kappa shape index (κ2) is 8.16. The molecule has 0 spiro atoms. The Balaban J connectivity index is 1.96. The lowest BCUT2D eigenvalue weighted by Gasteiger charge is -2.11. The fourth-order valence-corrected chi connectivity index (χ4v) is 2.59. The van der Waals surface area contributed by atoms with E-state index in [4.69, 9.17) is 16.0 Å². The van der Waals surface area contributed by atoms with Gasteiger partial charge < -0.3 is 9.73 Å². The molecule has 0 aliphatic carbocycles. The summed E-state index contributed by atoms with van der Waals surface area (Å²) in [6, 6.07) is 6.42. The van der Waals surface area contributed by atoms with Gasteiger partial charge in [-0.15, -0.1) is 10.2 Å². The van der Waals surface area contributed by atoms with Crippen LogP contribution >= 0.6 is 23.4 Å². The van der Waals surface area contributed by atoms with E-state index in [1.54, 1.807) is 45.0 Å². The van der Waals surface area contributed by atoms with Gasteiger partial charge in [-0.25, -0.2) is 4.79 Å². The Hall–Kier alpha value is -2.06. The number of urea groups is 1. The molecule has 1 atom stereocenters. The number of carbonyl (C=O) groups excluding carboxylic acids is 2. The molecule has 0 aliphatic rings. The van der Waals surface area contributed by atoms with Crippen LogP contribution in [0.25, 0.3) is 11.5 Å². The first-order valence-electron chi connectivity index (χ1n) is 7.22. The summed E-state index contributed by atoms with van der Waals surface area (Å²) < 4.78 is 5.52. The van der Waals surface area contributed by atoms with E-state index in [2.05, 4.69) is 20.8 Å². The number of benzene rings is 1. The van der Waals surface area contributed by atoms with E-state index in [0.29, 0.717) is 16.5 Å². The Morgan fingerprint density at radius 3 is 2.67 bits per heavy atom. The lowest BCUT2D eigenvalue weighted by Crippen LogP contribution is -2.45. The molecule has 1 aromatic heterocycles. The van der Waals surface area contributed by atoms with Crippen molar-refractivity contribution in [3.63, 3.8) is 0 Å². The van der Waals surface area contributed by atoms with Crippen molar-refractivity contribution < 1.29 is 14.0 Å². The summed E-state index contributed by atoms with van der Waals surface area (Å²) in [4.78, 5) is 23.5. The highest BCUT2D eigenvalue weighted by atomic mass is 35.5. The minimum absolute atomic E-state index is 0.0584. The van der Waals surface area contributed by atoms with Crippen LogP contribution in [0.4, 0.5) is 4.79 Å². The monoisotopic (exact) mass is 368 g/mol. The number of halogens is 1. The summed E-state index contributed by atoms with van der Waals surface area (Å²) in [6.07, 6.45) is 0. The standard InChI is InChI=1S/C15H17ClN4O3S/c1-8(2)17-14(22)18-12(21)9(3)24-15-20-19-13(23-15)10-5-4-6-11(16)7-10/h4-9H,1-3H3,(H2,17,18,21,22)/t9-/m0/s1. The number of aromatic nitrogens is 2. The van der Waals surface area contributed by atoms with E-state index in [9.17, 15) is 9.59 Å². The van der Waals surface area contributed by atoms with Gasteiger partial charge in [0.05, 0.1) is 5.25 Å². The van der Waals surface area contributed by atoms with Crippen molar-refractivity contribution in [2.75, 3.05) is 0 Å². The van der Waals surface area contributed by atoms with Crippen LogP contribution in [-0.2, 0) is 4.79 Å². The van der Waals surface area contributed by atoms with Crippen molar-refractivity contribution in [1.82, 2.24) is 20.8 Å². The fourth-order valence-electron chi connectivity index (χ4n) is 1.71. The minimum atomic E-state index is -0.574. The fraction of sp³-hybridized carbons (Fsp3) is 0.333. The predicted octanol–water partition coefficient (Wildman–Crippen LogP) is 3.10.